The average molecular weight is 184 g/mol. The topological polar surface area (TPSA) is 0 Å². The third-order valence-electron chi connectivity index (χ3n) is 3.87. The Balaban J connectivity index is 2.45. The minimum Gasteiger partial charge on any atom is -0.0618 e. The van der Waals surface area contributed by atoms with Gasteiger partial charge in [0.05, 0.1) is 0 Å². The van der Waals surface area contributed by atoms with Crippen molar-refractivity contribution in [2.24, 2.45) is 11.8 Å². The van der Waals surface area contributed by atoms with Crippen LogP contribution >= 0.6 is 0 Å². The Hall–Kier alpha value is -1.04. The molecule has 0 saturated heterocycles. The number of fused-ring (bicyclic) bond motifs is 2. The molecule has 1 aromatic rings. The van der Waals surface area contributed by atoms with Crippen molar-refractivity contribution in [3.8, 4) is 0 Å². The Morgan fingerprint density at radius 3 is 2.57 bits per heavy atom. The minimum atomic E-state index is 0.889. The number of rotatable bonds is 1. The highest BCUT2D eigenvalue weighted by Gasteiger charge is 2.42. The average Bonchev–Trinajstić information content (AvgIpc) is 2.99. The van der Waals surface area contributed by atoms with Gasteiger partial charge < -0.3 is 0 Å². The van der Waals surface area contributed by atoms with Crippen molar-refractivity contribution in [3.05, 3.63) is 34.7 Å². The largest absolute Gasteiger partial charge is 0.0618 e. The van der Waals surface area contributed by atoms with E-state index in [0.29, 0.717) is 0 Å². The summed E-state index contributed by atoms with van der Waals surface area (Å²) in [5.74, 6) is 1.79. The monoisotopic (exact) mass is 184 g/mol. The lowest BCUT2D eigenvalue weighted by Gasteiger charge is -2.12. The predicted octanol–water partition coefficient (Wildman–Crippen LogP) is 2.07. The molecule has 2 aliphatic rings. The molecule has 0 nitrogen and oxygen atoms in total. The first-order chi connectivity index (χ1) is 6.83. The highest BCUT2D eigenvalue weighted by atomic mass is 14.5. The maximum Gasteiger partial charge on any atom is -0.0122 e. The van der Waals surface area contributed by atoms with Crippen molar-refractivity contribution in [2.75, 3.05) is 0 Å². The summed E-state index contributed by atoms with van der Waals surface area (Å²) in [6, 6.07) is 8.92. The molecule has 1 fully saturated rings. The van der Waals surface area contributed by atoms with Crippen LogP contribution in [0.5, 0.6) is 0 Å². The van der Waals surface area contributed by atoms with Gasteiger partial charge in [-0.05, 0) is 42.0 Å². The highest BCUT2D eigenvalue weighted by molar-refractivity contribution is 5.66. The van der Waals surface area contributed by atoms with E-state index in [4.69, 9.17) is 0 Å². The fraction of sp³-hybridized carbons (Fsp3) is 0.429. The Morgan fingerprint density at radius 2 is 1.86 bits per heavy atom. The van der Waals surface area contributed by atoms with Crippen LogP contribution in [0.3, 0.4) is 0 Å². The summed E-state index contributed by atoms with van der Waals surface area (Å²) in [6.45, 7) is 4.61. The highest BCUT2D eigenvalue weighted by Crippen LogP contribution is 2.51. The van der Waals surface area contributed by atoms with E-state index < -0.39 is 0 Å². The summed E-state index contributed by atoms with van der Waals surface area (Å²) < 4.78 is 0. The molecule has 0 heterocycles. The van der Waals surface area contributed by atoms with Gasteiger partial charge in [-0.1, -0.05) is 42.3 Å². The standard InChI is InChI=1S/C14H16/c1-3-10-12-7-5-4-6-11(12)9(2)13-8-14(10)13/h4-7,13-14H,3,8H2,1-2H3. The SMILES string of the molecule is CCC1=c2ccccc2=C(C)C2CC12. The summed E-state index contributed by atoms with van der Waals surface area (Å²) in [4.78, 5) is 0. The van der Waals surface area contributed by atoms with E-state index in [1.165, 1.54) is 23.3 Å². The molecule has 3 rings (SSSR count). The molecule has 0 aliphatic heterocycles. The normalized spacial score (nSPS) is 28.4. The Bertz CT molecular complexity index is 493. The molecule has 1 saturated carbocycles. The van der Waals surface area contributed by atoms with Crippen molar-refractivity contribution in [1.29, 1.82) is 0 Å². The van der Waals surface area contributed by atoms with Gasteiger partial charge in [0, 0.05) is 0 Å². The van der Waals surface area contributed by atoms with Crippen LogP contribution in [0.15, 0.2) is 24.3 Å². The van der Waals surface area contributed by atoms with Crippen LogP contribution in [-0.4, -0.2) is 0 Å². The summed E-state index contributed by atoms with van der Waals surface area (Å²) in [5, 5.41) is 3.05. The summed E-state index contributed by atoms with van der Waals surface area (Å²) in [6.07, 6.45) is 2.63. The molecule has 14 heavy (non-hydrogen) atoms. The second kappa shape index (κ2) is 2.73. The first-order valence-electron chi connectivity index (χ1n) is 5.62. The van der Waals surface area contributed by atoms with Gasteiger partial charge in [0.1, 0.15) is 0 Å². The lowest BCUT2D eigenvalue weighted by molar-refractivity contribution is 0.936. The maximum atomic E-state index is 2.32. The van der Waals surface area contributed by atoms with Crippen LogP contribution in [0.1, 0.15) is 26.7 Å². The molecule has 2 aliphatic carbocycles. The summed E-state index contributed by atoms with van der Waals surface area (Å²) in [7, 11) is 0. The Morgan fingerprint density at radius 1 is 1.14 bits per heavy atom. The Kier molecular flexibility index (Phi) is 1.61. The van der Waals surface area contributed by atoms with Gasteiger partial charge in [-0.25, -0.2) is 0 Å². The number of benzene rings is 1. The van der Waals surface area contributed by atoms with Crippen LogP contribution in [-0.2, 0) is 0 Å². The van der Waals surface area contributed by atoms with Crippen LogP contribution in [0.2, 0.25) is 0 Å². The fourth-order valence-corrected chi connectivity index (χ4v) is 3.02. The van der Waals surface area contributed by atoms with Gasteiger partial charge in [0.2, 0.25) is 0 Å². The molecule has 0 spiro atoms. The summed E-state index contributed by atoms with van der Waals surface area (Å²) in [5.41, 5.74) is 3.33. The second-order valence-corrected chi connectivity index (χ2v) is 4.56. The van der Waals surface area contributed by atoms with Crippen molar-refractivity contribution >= 4 is 11.1 Å². The second-order valence-electron chi connectivity index (χ2n) is 4.56. The van der Waals surface area contributed by atoms with Gasteiger partial charge in [0.15, 0.2) is 0 Å². The number of hydrogen-bond acceptors (Lipinski definition) is 0. The van der Waals surface area contributed by atoms with Crippen LogP contribution < -0.4 is 10.4 Å². The van der Waals surface area contributed by atoms with E-state index in [1.807, 2.05) is 0 Å². The molecule has 72 valence electrons. The van der Waals surface area contributed by atoms with Crippen LogP contribution in [0, 0.1) is 11.8 Å². The first-order valence-corrected chi connectivity index (χ1v) is 5.62. The van der Waals surface area contributed by atoms with E-state index in [9.17, 15) is 0 Å². The van der Waals surface area contributed by atoms with Gasteiger partial charge in [-0.2, -0.15) is 0 Å². The van der Waals surface area contributed by atoms with Gasteiger partial charge >= 0.3 is 0 Å². The molecule has 1 aromatic carbocycles. The van der Waals surface area contributed by atoms with E-state index in [1.54, 1.807) is 11.1 Å². The third-order valence-corrected chi connectivity index (χ3v) is 3.87. The van der Waals surface area contributed by atoms with Crippen molar-refractivity contribution in [2.45, 2.75) is 26.7 Å². The lowest BCUT2D eigenvalue weighted by Crippen LogP contribution is -2.32. The smallest absolute Gasteiger partial charge is 0.0122 e. The zero-order chi connectivity index (χ0) is 9.71. The quantitative estimate of drug-likeness (QED) is 0.627. The van der Waals surface area contributed by atoms with Crippen molar-refractivity contribution in [1.82, 2.24) is 0 Å². The Labute approximate surface area is 85.0 Å². The van der Waals surface area contributed by atoms with Crippen LogP contribution in [0.4, 0.5) is 0 Å². The van der Waals surface area contributed by atoms with Gasteiger partial charge in [-0.15, -0.1) is 0 Å². The maximum absolute atomic E-state index is 2.32. The van der Waals surface area contributed by atoms with Crippen molar-refractivity contribution in [3.63, 3.8) is 0 Å². The van der Waals surface area contributed by atoms with E-state index in [2.05, 4.69) is 38.1 Å². The third kappa shape index (κ3) is 0.943. The predicted molar refractivity (Wildman–Crippen MR) is 60.1 cm³/mol. The lowest BCUT2D eigenvalue weighted by atomic mass is 9.93. The fourth-order valence-electron chi connectivity index (χ4n) is 3.02. The molecule has 0 radical (unpaired) electrons. The van der Waals surface area contributed by atoms with E-state index in [0.717, 1.165) is 11.8 Å². The van der Waals surface area contributed by atoms with E-state index in [-0.39, 0.29) is 0 Å². The van der Waals surface area contributed by atoms with E-state index >= 15 is 0 Å². The minimum absolute atomic E-state index is 0.889. The molecule has 0 heteroatoms. The van der Waals surface area contributed by atoms with Gasteiger partial charge in [-0.3, -0.25) is 0 Å². The first kappa shape index (κ1) is 8.28. The molecule has 0 aromatic heterocycles. The molecule has 0 amide bonds. The molecule has 0 bridgehead atoms. The zero-order valence-electron chi connectivity index (χ0n) is 8.88. The van der Waals surface area contributed by atoms with Crippen LogP contribution in [0.25, 0.3) is 11.1 Å². The molecular weight excluding hydrogens is 168 g/mol. The number of hydrogen-bond donors (Lipinski definition) is 0. The molecular formula is C14H16. The zero-order valence-corrected chi connectivity index (χ0v) is 8.88. The van der Waals surface area contributed by atoms with Gasteiger partial charge in [0.25, 0.3) is 0 Å². The summed E-state index contributed by atoms with van der Waals surface area (Å²) >= 11 is 0. The molecule has 2 unspecified atom stereocenters. The van der Waals surface area contributed by atoms with Crippen molar-refractivity contribution < 1.29 is 0 Å². The molecule has 0 N–H and O–H groups in total. The molecule has 2 atom stereocenters.